The highest BCUT2D eigenvalue weighted by Crippen LogP contribution is 2.17. The van der Waals surface area contributed by atoms with Crippen LogP contribution in [0.5, 0.6) is 0 Å². The summed E-state index contributed by atoms with van der Waals surface area (Å²) in [5.41, 5.74) is 4.60. The maximum Gasteiger partial charge on any atom is 0.235 e. The number of hydrogen-bond acceptors (Lipinski definition) is 4. The summed E-state index contributed by atoms with van der Waals surface area (Å²) in [7, 11) is 1.56. The number of carbonyl (C=O) groups excluding carboxylic acids is 1. The predicted molar refractivity (Wildman–Crippen MR) is 67.3 cm³/mol. The zero-order valence-corrected chi connectivity index (χ0v) is 10.4. The highest BCUT2D eigenvalue weighted by molar-refractivity contribution is 5.80. The second kappa shape index (κ2) is 6.88. The van der Waals surface area contributed by atoms with Crippen LogP contribution in [0, 0.1) is 0 Å². The Kier molecular flexibility index (Phi) is 5.45. The van der Waals surface area contributed by atoms with Crippen molar-refractivity contribution >= 4 is 11.6 Å². The van der Waals surface area contributed by atoms with Crippen LogP contribution < -0.4 is 16.1 Å². The molecule has 0 saturated carbocycles. The molecule has 1 saturated heterocycles. The quantitative estimate of drug-likeness (QED) is 0.695. The van der Waals surface area contributed by atoms with Gasteiger partial charge in [0, 0.05) is 0 Å². The van der Waals surface area contributed by atoms with E-state index < -0.39 is 0 Å². The molecule has 94 valence electrons. The number of rotatable bonds is 3. The average Bonchev–Trinajstić information content (AvgIpc) is 2.79. The monoisotopic (exact) mass is 237 g/mol. The molecule has 1 aromatic carbocycles. The number of carbonyl (C=O) groups is 1. The Bertz CT molecular complexity index is 369. The summed E-state index contributed by atoms with van der Waals surface area (Å²) in [4.78, 5) is 15.8. The standard InChI is InChI=1S/C10H13N3O2.C2H6/c1-15-13-8-4-2-3-7(5-8)10-11-6-9(14)12-10;1-2/h2-5,10-11,13H,6H2,1H3,(H,12,14);1-2H3. The molecule has 5 heteroatoms. The lowest BCUT2D eigenvalue weighted by Gasteiger charge is -2.12. The normalized spacial score (nSPS) is 18.1. The number of anilines is 1. The van der Waals surface area contributed by atoms with Crippen LogP contribution in [0.4, 0.5) is 5.69 Å². The highest BCUT2D eigenvalue weighted by Gasteiger charge is 2.21. The summed E-state index contributed by atoms with van der Waals surface area (Å²) in [6, 6.07) is 7.67. The number of hydrogen-bond donors (Lipinski definition) is 3. The van der Waals surface area contributed by atoms with Crippen molar-refractivity contribution in [3.05, 3.63) is 29.8 Å². The van der Waals surface area contributed by atoms with Crippen LogP contribution in [0.25, 0.3) is 0 Å². The molecule has 1 unspecified atom stereocenters. The van der Waals surface area contributed by atoms with E-state index in [-0.39, 0.29) is 12.1 Å². The molecular weight excluding hydrogens is 218 g/mol. The van der Waals surface area contributed by atoms with Gasteiger partial charge in [0.1, 0.15) is 6.17 Å². The van der Waals surface area contributed by atoms with Crippen molar-refractivity contribution in [2.45, 2.75) is 20.0 Å². The molecule has 1 aliphatic rings. The first kappa shape index (κ1) is 13.5. The Morgan fingerprint density at radius 1 is 1.41 bits per heavy atom. The molecule has 0 aliphatic carbocycles. The maximum absolute atomic E-state index is 11.0. The molecule has 1 heterocycles. The van der Waals surface area contributed by atoms with Crippen molar-refractivity contribution in [1.82, 2.24) is 10.6 Å². The van der Waals surface area contributed by atoms with Crippen LogP contribution in [0.15, 0.2) is 24.3 Å². The minimum atomic E-state index is -0.101. The van der Waals surface area contributed by atoms with Gasteiger partial charge in [0.2, 0.25) is 5.91 Å². The van der Waals surface area contributed by atoms with Crippen LogP contribution >= 0.6 is 0 Å². The Labute approximate surface area is 101 Å². The highest BCUT2D eigenvalue weighted by atomic mass is 16.6. The Balaban J connectivity index is 0.000000686. The molecule has 1 fully saturated rings. The van der Waals surface area contributed by atoms with Gasteiger partial charge in [-0.25, -0.2) is 0 Å². The first-order chi connectivity index (χ1) is 8.29. The third-order valence-corrected chi connectivity index (χ3v) is 2.21. The summed E-state index contributed by atoms with van der Waals surface area (Å²) < 4.78 is 0. The van der Waals surface area contributed by atoms with Crippen molar-refractivity contribution in [1.29, 1.82) is 0 Å². The van der Waals surface area contributed by atoms with Gasteiger partial charge in [-0.3, -0.25) is 20.4 Å². The largest absolute Gasteiger partial charge is 0.336 e. The van der Waals surface area contributed by atoms with Crippen LogP contribution in [0.3, 0.4) is 0 Å². The number of benzene rings is 1. The van der Waals surface area contributed by atoms with Gasteiger partial charge in [-0.1, -0.05) is 26.0 Å². The summed E-state index contributed by atoms with van der Waals surface area (Å²) in [5.74, 6) is 0.0186. The van der Waals surface area contributed by atoms with Gasteiger partial charge in [0.05, 0.1) is 19.3 Å². The van der Waals surface area contributed by atoms with Gasteiger partial charge in [-0.2, -0.15) is 0 Å². The van der Waals surface area contributed by atoms with Crippen LogP contribution in [0.2, 0.25) is 0 Å². The lowest BCUT2D eigenvalue weighted by atomic mass is 10.1. The number of amides is 1. The van der Waals surface area contributed by atoms with E-state index in [2.05, 4.69) is 16.1 Å². The minimum absolute atomic E-state index is 0.0186. The summed E-state index contributed by atoms with van der Waals surface area (Å²) in [6.07, 6.45) is -0.101. The fourth-order valence-electron chi connectivity index (χ4n) is 1.56. The van der Waals surface area contributed by atoms with E-state index in [0.29, 0.717) is 6.54 Å². The summed E-state index contributed by atoms with van der Waals surface area (Å²) in [5, 5.41) is 5.88. The first-order valence-corrected chi connectivity index (χ1v) is 5.71. The van der Waals surface area contributed by atoms with Crippen LogP contribution in [-0.4, -0.2) is 19.6 Å². The van der Waals surface area contributed by atoms with Crippen molar-refractivity contribution < 1.29 is 9.63 Å². The van der Waals surface area contributed by atoms with Crippen molar-refractivity contribution in [2.24, 2.45) is 0 Å². The van der Waals surface area contributed by atoms with E-state index in [1.54, 1.807) is 7.11 Å². The first-order valence-electron chi connectivity index (χ1n) is 5.71. The van der Waals surface area contributed by atoms with Crippen molar-refractivity contribution in [3.8, 4) is 0 Å². The van der Waals surface area contributed by atoms with E-state index in [4.69, 9.17) is 4.84 Å². The van der Waals surface area contributed by atoms with Crippen LogP contribution in [-0.2, 0) is 9.63 Å². The van der Waals surface area contributed by atoms with Gasteiger partial charge < -0.3 is 5.32 Å². The van der Waals surface area contributed by atoms with Gasteiger partial charge in [-0.05, 0) is 17.7 Å². The minimum Gasteiger partial charge on any atom is -0.336 e. The molecule has 2 rings (SSSR count). The third kappa shape index (κ3) is 3.72. The predicted octanol–water partition coefficient (Wildman–Crippen LogP) is 1.40. The molecule has 0 aromatic heterocycles. The van der Waals surface area contributed by atoms with Crippen molar-refractivity contribution in [3.63, 3.8) is 0 Å². The number of nitrogens with one attached hydrogen (secondary N) is 3. The second-order valence-corrected chi connectivity index (χ2v) is 3.31. The van der Waals surface area contributed by atoms with Gasteiger partial charge >= 0.3 is 0 Å². The van der Waals surface area contributed by atoms with E-state index in [1.165, 1.54) is 0 Å². The lowest BCUT2D eigenvalue weighted by molar-refractivity contribution is -0.118. The molecule has 1 amide bonds. The summed E-state index contributed by atoms with van der Waals surface area (Å²) >= 11 is 0. The molecule has 0 radical (unpaired) electrons. The molecule has 3 N–H and O–H groups in total. The van der Waals surface area contributed by atoms with Crippen molar-refractivity contribution in [2.75, 3.05) is 19.1 Å². The fourth-order valence-corrected chi connectivity index (χ4v) is 1.56. The van der Waals surface area contributed by atoms with Crippen LogP contribution in [0.1, 0.15) is 25.6 Å². The Hall–Kier alpha value is -1.59. The molecule has 0 bridgehead atoms. The van der Waals surface area contributed by atoms with Gasteiger partial charge in [-0.15, -0.1) is 0 Å². The smallest absolute Gasteiger partial charge is 0.235 e. The molecular formula is C12H19N3O2. The molecule has 1 aliphatic heterocycles. The SMILES string of the molecule is CC.CONc1cccc(C2NCC(=O)N2)c1. The van der Waals surface area contributed by atoms with E-state index in [9.17, 15) is 4.79 Å². The molecule has 1 atom stereocenters. The third-order valence-electron chi connectivity index (χ3n) is 2.21. The Morgan fingerprint density at radius 2 is 2.18 bits per heavy atom. The molecule has 5 nitrogen and oxygen atoms in total. The zero-order valence-electron chi connectivity index (χ0n) is 10.4. The fraction of sp³-hybridized carbons (Fsp3) is 0.417. The lowest BCUT2D eigenvalue weighted by Crippen LogP contribution is -2.22. The molecule has 1 aromatic rings. The van der Waals surface area contributed by atoms with Gasteiger partial charge in [0.15, 0.2) is 0 Å². The van der Waals surface area contributed by atoms with E-state index in [0.717, 1.165) is 11.3 Å². The second-order valence-electron chi connectivity index (χ2n) is 3.31. The molecule has 0 spiro atoms. The van der Waals surface area contributed by atoms with Gasteiger partial charge in [0.25, 0.3) is 0 Å². The van der Waals surface area contributed by atoms with E-state index in [1.807, 2.05) is 38.1 Å². The maximum atomic E-state index is 11.0. The Morgan fingerprint density at radius 3 is 2.76 bits per heavy atom. The summed E-state index contributed by atoms with van der Waals surface area (Å²) in [6.45, 7) is 4.37. The zero-order chi connectivity index (χ0) is 12.7. The average molecular weight is 237 g/mol. The van der Waals surface area contributed by atoms with E-state index >= 15 is 0 Å². The molecule has 17 heavy (non-hydrogen) atoms. The topological polar surface area (TPSA) is 62.4 Å².